The fourth-order valence-electron chi connectivity index (χ4n) is 1.76. The van der Waals surface area contributed by atoms with E-state index in [-0.39, 0.29) is 17.2 Å². The van der Waals surface area contributed by atoms with Crippen LogP contribution in [0.2, 0.25) is 5.02 Å². The Balaban J connectivity index is 2.10. The number of sulfonamides is 1. The van der Waals surface area contributed by atoms with E-state index in [9.17, 15) is 8.42 Å². The molecule has 0 atom stereocenters. The van der Waals surface area contributed by atoms with Gasteiger partial charge in [0.15, 0.2) is 5.76 Å². The highest BCUT2D eigenvalue weighted by atomic mass is 35.5. The lowest BCUT2D eigenvalue weighted by molar-refractivity contribution is 0.390. The first-order valence-electron chi connectivity index (χ1n) is 6.08. The van der Waals surface area contributed by atoms with Crippen molar-refractivity contribution < 1.29 is 12.9 Å². The minimum absolute atomic E-state index is 0.0301. The fourth-order valence-corrected chi connectivity index (χ4v) is 3.19. The van der Waals surface area contributed by atoms with E-state index >= 15 is 0 Å². The van der Waals surface area contributed by atoms with Crippen molar-refractivity contribution >= 4 is 21.6 Å². The van der Waals surface area contributed by atoms with Crippen molar-refractivity contribution in [2.75, 3.05) is 6.54 Å². The summed E-state index contributed by atoms with van der Waals surface area (Å²) in [4.78, 5) is 0.0574. The number of nitrogens with zero attached hydrogens (tertiary/aromatic N) is 1. The summed E-state index contributed by atoms with van der Waals surface area (Å²) in [6.07, 6.45) is 0. The van der Waals surface area contributed by atoms with Crippen molar-refractivity contribution in [2.45, 2.75) is 18.7 Å². The van der Waals surface area contributed by atoms with Crippen molar-refractivity contribution in [3.05, 3.63) is 46.3 Å². The van der Waals surface area contributed by atoms with Gasteiger partial charge in [-0.1, -0.05) is 40.7 Å². The molecular weight excluding hydrogens is 312 g/mol. The van der Waals surface area contributed by atoms with Crippen LogP contribution in [0.15, 0.2) is 33.7 Å². The standard InChI is InChI=1S/C14H13ClN2O3S/c1-10-14(11(2)20-17-10)21(18,19)16-9-5-7-12-6-3-4-8-13(12)15/h3-4,6,8,16H,9H2,1-2H3. The van der Waals surface area contributed by atoms with E-state index in [0.717, 1.165) is 0 Å². The summed E-state index contributed by atoms with van der Waals surface area (Å²) < 4.78 is 31.5. The first-order valence-corrected chi connectivity index (χ1v) is 7.94. The van der Waals surface area contributed by atoms with Gasteiger partial charge in [0.05, 0.1) is 11.6 Å². The molecule has 0 radical (unpaired) electrons. The Bertz CT molecular complexity index is 797. The van der Waals surface area contributed by atoms with Crippen molar-refractivity contribution in [1.82, 2.24) is 9.88 Å². The average Bonchev–Trinajstić information content (AvgIpc) is 2.77. The van der Waals surface area contributed by atoms with E-state index in [2.05, 4.69) is 21.7 Å². The van der Waals surface area contributed by atoms with Crippen molar-refractivity contribution in [1.29, 1.82) is 0 Å². The van der Waals surface area contributed by atoms with Crippen molar-refractivity contribution in [3.63, 3.8) is 0 Å². The highest BCUT2D eigenvalue weighted by Crippen LogP contribution is 2.18. The molecule has 0 saturated heterocycles. The average molecular weight is 325 g/mol. The number of halogens is 1. The second-order valence-electron chi connectivity index (χ2n) is 4.26. The van der Waals surface area contributed by atoms with Gasteiger partial charge in [0, 0.05) is 5.56 Å². The Morgan fingerprint density at radius 3 is 2.67 bits per heavy atom. The maximum Gasteiger partial charge on any atom is 0.246 e. The molecule has 0 unspecified atom stereocenters. The SMILES string of the molecule is Cc1noc(C)c1S(=O)(=O)NCC#Cc1ccccc1Cl. The van der Waals surface area contributed by atoms with E-state index in [1.165, 1.54) is 0 Å². The van der Waals surface area contributed by atoms with Gasteiger partial charge in [-0.3, -0.25) is 0 Å². The summed E-state index contributed by atoms with van der Waals surface area (Å²) in [6.45, 7) is 3.09. The Labute approximate surface area is 128 Å². The van der Waals surface area contributed by atoms with E-state index in [1.807, 2.05) is 6.07 Å². The molecule has 1 N–H and O–H groups in total. The maximum atomic E-state index is 12.1. The number of nitrogens with one attached hydrogen (secondary N) is 1. The van der Waals surface area contributed by atoms with Crippen LogP contribution in [0.4, 0.5) is 0 Å². The molecule has 1 heterocycles. The lowest BCUT2D eigenvalue weighted by atomic mass is 10.2. The second kappa shape index (κ2) is 6.31. The molecule has 5 nitrogen and oxygen atoms in total. The number of hydrogen-bond acceptors (Lipinski definition) is 4. The third kappa shape index (κ3) is 3.64. The lowest BCUT2D eigenvalue weighted by Gasteiger charge is -2.02. The zero-order valence-electron chi connectivity index (χ0n) is 11.5. The first kappa shape index (κ1) is 15.6. The Morgan fingerprint density at radius 1 is 1.33 bits per heavy atom. The molecule has 1 aromatic heterocycles. The molecule has 0 amide bonds. The quantitative estimate of drug-likeness (QED) is 0.879. The number of aromatic nitrogens is 1. The number of rotatable bonds is 3. The highest BCUT2D eigenvalue weighted by Gasteiger charge is 2.23. The number of benzene rings is 1. The molecule has 0 saturated carbocycles. The summed E-state index contributed by atoms with van der Waals surface area (Å²) in [5.41, 5.74) is 0.967. The topological polar surface area (TPSA) is 72.2 Å². The molecule has 0 bridgehead atoms. The first-order chi connectivity index (χ1) is 9.92. The molecule has 7 heteroatoms. The number of hydrogen-bond donors (Lipinski definition) is 1. The van der Waals surface area contributed by atoms with Gasteiger partial charge in [-0.25, -0.2) is 8.42 Å². The van der Waals surface area contributed by atoms with Crippen LogP contribution in [0, 0.1) is 25.7 Å². The summed E-state index contributed by atoms with van der Waals surface area (Å²) in [5.74, 6) is 5.78. The maximum absolute atomic E-state index is 12.1. The predicted molar refractivity (Wildman–Crippen MR) is 79.5 cm³/mol. The third-order valence-electron chi connectivity index (χ3n) is 2.68. The van der Waals surface area contributed by atoms with Gasteiger partial charge in [-0.05, 0) is 26.0 Å². The van der Waals surface area contributed by atoms with Crippen LogP contribution in [0.25, 0.3) is 0 Å². The van der Waals surface area contributed by atoms with E-state index < -0.39 is 10.0 Å². The zero-order valence-corrected chi connectivity index (χ0v) is 13.0. The van der Waals surface area contributed by atoms with Crippen molar-refractivity contribution in [3.8, 4) is 11.8 Å². The van der Waals surface area contributed by atoms with Gasteiger partial charge in [-0.2, -0.15) is 4.72 Å². The summed E-state index contributed by atoms with van der Waals surface area (Å²) in [6, 6.07) is 7.09. The molecule has 21 heavy (non-hydrogen) atoms. The monoisotopic (exact) mass is 324 g/mol. The van der Waals surface area contributed by atoms with Crippen LogP contribution >= 0.6 is 11.6 Å². The summed E-state index contributed by atoms with van der Waals surface area (Å²) >= 11 is 5.95. The normalized spacial score (nSPS) is 11.0. The summed E-state index contributed by atoms with van der Waals surface area (Å²) in [5, 5.41) is 4.15. The molecule has 110 valence electrons. The van der Waals surface area contributed by atoms with Gasteiger partial charge in [-0.15, -0.1) is 0 Å². The van der Waals surface area contributed by atoms with Crippen LogP contribution in [0.5, 0.6) is 0 Å². The molecular formula is C14H13ClN2O3S. The van der Waals surface area contributed by atoms with E-state index in [0.29, 0.717) is 16.3 Å². The number of aryl methyl sites for hydroxylation is 2. The van der Waals surface area contributed by atoms with Crippen LogP contribution < -0.4 is 4.72 Å². The van der Waals surface area contributed by atoms with Gasteiger partial charge >= 0.3 is 0 Å². The molecule has 2 rings (SSSR count). The zero-order chi connectivity index (χ0) is 15.5. The third-order valence-corrected chi connectivity index (χ3v) is 4.66. The molecule has 0 fully saturated rings. The van der Waals surface area contributed by atoms with E-state index in [4.69, 9.17) is 16.1 Å². The molecule has 1 aromatic carbocycles. The molecule has 0 aliphatic rings. The van der Waals surface area contributed by atoms with Crippen LogP contribution in [-0.2, 0) is 10.0 Å². The van der Waals surface area contributed by atoms with Gasteiger partial charge in [0.2, 0.25) is 10.0 Å². The Kier molecular flexibility index (Phi) is 4.68. The van der Waals surface area contributed by atoms with E-state index in [1.54, 1.807) is 32.0 Å². The highest BCUT2D eigenvalue weighted by molar-refractivity contribution is 7.89. The van der Waals surface area contributed by atoms with Crippen LogP contribution in [0.3, 0.4) is 0 Å². The Hall–Kier alpha value is -1.81. The second-order valence-corrected chi connectivity index (χ2v) is 6.37. The Morgan fingerprint density at radius 2 is 2.05 bits per heavy atom. The van der Waals surface area contributed by atoms with Crippen LogP contribution in [0.1, 0.15) is 17.0 Å². The molecule has 2 aromatic rings. The molecule has 0 aliphatic heterocycles. The largest absolute Gasteiger partial charge is 0.360 e. The molecule has 0 spiro atoms. The minimum Gasteiger partial charge on any atom is -0.360 e. The van der Waals surface area contributed by atoms with Crippen molar-refractivity contribution in [2.24, 2.45) is 0 Å². The van der Waals surface area contributed by atoms with Gasteiger partial charge in [0.1, 0.15) is 10.6 Å². The van der Waals surface area contributed by atoms with Gasteiger partial charge in [0.25, 0.3) is 0 Å². The predicted octanol–water partition coefficient (Wildman–Crippen LogP) is 2.27. The van der Waals surface area contributed by atoms with Crippen LogP contribution in [-0.4, -0.2) is 20.1 Å². The van der Waals surface area contributed by atoms with Gasteiger partial charge < -0.3 is 4.52 Å². The summed E-state index contributed by atoms with van der Waals surface area (Å²) in [7, 11) is -3.68. The lowest BCUT2D eigenvalue weighted by Crippen LogP contribution is -2.24. The smallest absolute Gasteiger partial charge is 0.246 e. The minimum atomic E-state index is -3.68. The fraction of sp³-hybridized carbons (Fsp3) is 0.214. The molecule has 0 aliphatic carbocycles.